The molecule has 4 rings (SSSR count). The van der Waals surface area contributed by atoms with Gasteiger partial charge in [0.1, 0.15) is 5.82 Å². The molecule has 0 radical (unpaired) electrons. The highest BCUT2D eigenvalue weighted by Gasteiger charge is 2.40. The summed E-state index contributed by atoms with van der Waals surface area (Å²) < 4.78 is 27.7. The molecule has 1 aromatic heterocycles. The zero-order valence-corrected chi connectivity index (χ0v) is 21.2. The highest BCUT2D eigenvalue weighted by molar-refractivity contribution is 6.39. The van der Waals surface area contributed by atoms with E-state index in [2.05, 4.69) is 15.6 Å². The number of nitrogens with zero attached hydrogens (tertiary/aromatic N) is 3. The van der Waals surface area contributed by atoms with Crippen molar-refractivity contribution in [3.05, 3.63) is 53.2 Å². The molecule has 0 unspecified atom stereocenters. The molecule has 2 aliphatic rings. The number of carbonyl (C=O) groups excluding carboxylic acids is 3. The molecule has 38 heavy (non-hydrogen) atoms. The first-order valence-corrected chi connectivity index (χ1v) is 12.3. The van der Waals surface area contributed by atoms with Gasteiger partial charge in [0.25, 0.3) is 0 Å². The second-order valence-electron chi connectivity index (χ2n) is 9.96. The first-order valence-electron chi connectivity index (χ1n) is 12.3. The van der Waals surface area contributed by atoms with Crippen LogP contribution in [0.5, 0.6) is 0 Å². The van der Waals surface area contributed by atoms with E-state index in [4.69, 9.17) is 5.11 Å². The fourth-order valence-corrected chi connectivity index (χ4v) is 4.62. The van der Waals surface area contributed by atoms with Crippen LogP contribution in [-0.4, -0.2) is 62.8 Å². The van der Waals surface area contributed by atoms with Crippen LogP contribution in [0, 0.1) is 17.6 Å². The molecule has 2 atom stereocenters. The molecule has 3 N–H and O–H groups in total. The van der Waals surface area contributed by atoms with Crippen LogP contribution in [0.2, 0.25) is 0 Å². The van der Waals surface area contributed by atoms with Gasteiger partial charge in [0, 0.05) is 30.6 Å². The molecule has 2 aromatic rings. The molecule has 0 bridgehead atoms. The van der Waals surface area contributed by atoms with Crippen molar-refractivity contribution in [1.82, 2.24) is 14.8 Å². The number of pyridine rings is 1. The number of piperazine rings is 1. The van der Waals surface area contributed by atoms with E-state index in [1.807, 2.05) is 0 Å². The highest BCUT2D eigenvalue weighted by atomic mass is 19.2. The minimum atomic E-state index is -1.26. The van der Waals surface area contributed by atoms with Crippen molar-refractivity contribution >= 4 is 35.3 Å². The minimum Gasteiger partial charge on any atom is -0.465 e. The van der Waals surface area contributed by atoms with Crippen molar-refractivity contribution in [2.75, 3.05) is 23.7 Å². The van der Waals surface area contributed by atoms with Crippen LogP contribution in [-0.2, 0) is 14.4 Å². The number of hydrogen-bond acceptors (Lipinski definition) is 5. The highest BCUT2D eigenvalue weighted by Crippen LogP contribution is 2.43. The lowest BCUT2D eigenvalue weighted by Gasteiger charge is -2.45. The number of carboxylic acid groups (broad SMARTS) is 1. The van der Waals surface area contributed by atoms with Crippen molar-refractivity contribution in [1.29, 1.82) is 0 Å². The minimum absolute atomic E-state index is 0.00141. The fourth-order valence-electron chi connectivity index (χ4n) is 4.62. The average Bonchev–Trinajstić information content (AvgIpc) is 3.70. The quantitative estimate of drug-likeness (QED) is 0.506. The Bertz CT molecular complexity index is 1280. The average molecular weight is 530 g/mol. The Morgan fingerprint density at radius 1 is 1.03 bits per heavy atom. The largest absolute Gasteiger partial charge is 0.465 e. The summed E-state index contributed by atoms with van der Waals surface area (Å²) in [5.41, 5.74) is 1.08. The Balaban J connectivity index is 1.59. The number of carbonyl (C=O) groups is 4. The summed E-state index contributed by atoms with van der Waals surface area (Å²) in [7, 11) is 0. The monoisotopic (exact) mass is 529 g/mol. The Kier molecular flexibility index (Phi) is 7.61. The molecule has 12 heteroatoms. The Hall–Kier alpha value is -4.09. The Morgan fingerprint density at radius 3 is 2.34 bits per heavy atom. The third-order valence-corrected chi connectivity index (χ3v) is 6.72. The maximum Gasteiger partial charge on any atom is 0.410 e. The zero-order chi connectivity index (χ0) is 27.7. The number of halogens is 2. The number of rotatable bonds is 5. The van der Waals surface area contributed by atoms with Gasteiger partial charge in [0.05, 0.1) is 17.9 Å². The molecule has 1 aromatic carbocycles. The summed E-state index contributed by atoms with van der Waals surface area (Å²) in [5.74, 6) is -4.25. The van der Waals surface area contributed by atoms with Crippen molar-refractivity contribution in [2.24, 2.45) is 5.92 Å². The van der Waals surface area contributed by atoms with Gasteiger partial charge in [-0.1, -0.05) is 19.9 Å². The van der Waals surface area contributed by atoms with Crippen molar-refractivity contribution in [3.63, 3.8) is 0 Å². The van der Waals surface area contributed by atoms with Crippen LogP contribution in [0.25, 0.3) is 0 Å². The summed E-state index contributed by atoms with van der Waals surface area (Å²) in [6, 6.07) is 3.51. The van der Waals surface area contributed by atoms with Gasteiger partial charge in [0.15, 0.2) is 11.6 Å². The maximum absolute atomic E-state index is 14.1. The van der Waals surface area contributed by atoms with Crippen LogP contribution >= 0.6 is 0 Å². The molecule has 1 aliphatic carbocycles. The normalized spacial score (nSPS) is 19.3. The zero-order valence-electron chi connectivity index (χ0n) is 21.2. The van der Waals surface area contributed by atoms with E-state index in [0.29, 0.717) is 5.56 Å². The van der Waals surface area contributed by atoms with Gasteiger partial charge in [0.2, 0.25) is 5.91 Å². The molecule has 0 spiro atoms. The van der Waals surface area contributed by atoms with E-state index in [1.54, 1.807) is 31.7 Å². The van der Waals surface area contributed by atoms with Crippen LogP contribution in [0.15, 0.2) is 30.5 Å². The van der Waals surface area contributed by atoms with E-state index in [-0.39, 0.29) is 47.9 Å². The second kappa shape index (κ2) is 10.7. The van der Waals surface area contributed by atoms with E-state index in [9.17, 15) is 28.0 Å². The number of hydrogen-bond donors (Lipinski definition) is 3. The van der Waals surface area contributed by atoms with Gasteiger partial charge < -0.3 is 20.2 Å². The molecular weight excluding hydrogens is 500 g/mol. The third kappa shape index (κ3) is 5.74. The molecule has 10 nitrogen and oxygen atoms in total. The second-order valence-corrected chi connectivity index (χ2v) is 9.96. The summed E-state index contributed by atoms with van der Waals surface area (Å²) >= 11 is 0. The summed E-state index contributed by atoms with van der Waals surface area (Å²) in [5, 5.41) is 13.8. The topological polar surface area (TPSA) is 132 Å². The lowest BCUT2D eigenvalue weighted by molar-refractivity contribution is -0.152. The molecular formula is C26H29F2N5O5. The van der Waals surface area contributed by atoms with Gasteiger partial charge in [-0.3, -0.25) is 19.7 Å². The molecule has 1 saturated carbocycles. The smallest absolute Gasteiger partial charge is 0.410 e. The third-order valence-electron chi connectivity index (χ3n) is 6.72. The molecule has 4 amide bonds. The van der Waals surface area contributed by atoms with Gasteiger partial charge in [-0.25, -0.2) is 18.6 Å². The van der Waals surface area contributed by atoms with Crippen molar-refractivity contribution < 1.29 is 33.1 Å². The maximum atomic E-state index is 14.1. The standard InChI is InChI=1S/C26H29F2N5O5/c1-13(2)24(35)32-12-21(16-6-7-19(27)20(28)8-16)33(11-14(32)3)25(36)23(34)30-17-9-18(15-4-5-15)22(29-10-17)31-26(37)38/h6-10,13-15,21H,4-5,11-12H2,1-3H3,(H,29,31)(H,30,34)(H,37,38)/t14-,21-/m1/s1. The first kappa shape index (κ1) is 27.0. The van der Waals surface area contributed by atoms with Crippen LogP contribution in [0.1, 0.15) is 56.7 Å². The number of amides is 4. The van der Waals surface area contributed by atoms with E-state index < -0.39 is 41.6 Å². The molecule has 2 fully saturated rings. The van der Waals surface area contributed by atoms with Gasteiger partial charge in [-0.15, -0.1) is 0 Å². The van der Waals surface area contributed by atoms with Gasteiger partial charge >= 0.3 is 17.9 Å². The molecule has 2 heterocycles. The number of benzene rings is 1. The Labute approximate surface area is 218 Å². The summed E-state index contributed by atoms with van der Waals surface area (Å²) in [4.78, 5) is 57.2. The van der Waals surface area contributed by atoms with Gasteiger partial charge in [-0.05, 0) is 49.4 Å². The lowest BCUT2D eigenvalue weighted by atomic mass is 9.97. The van der Waals surface area contributed by atoms with E-state index in [1.165, 1.54) is 17.2 Å². The van der Waals surface area contributed by atoms with Crippen molar-refractivity contribution in [3.8, 4) is 0 Å². The summed E-state index contributed by atoms with van der Waals surface area (Å²) in [6.07, 6.45) is 1.68. The predicted molar refractivity (Wildman–Crippen MR) is 133 cm³/mol. The first-order chi connectivity index (χ1) is 18.0. The molecule has 1 aliphatic heterocycles. The molecule has 1 saturated heterocycles. The van der Waals surface area contributed by atoms with Gasteiger partial charge in [-0.2, -0.15) is 0 Å². The SMILES string of the molecule is CC(C)C(=O)N1C[C@H](c2ccc(F)c(F)c2)N(C(=O)C(=O)Nc2cnc(NC(=O)O)c(C3CC3)c2)C[C@H]1C. The summed E-state index contributed by atoms with van der Waals surface area (Å²) in [6.45, 7) is 5.24. The van der Waals surface area contributed by atoms with Crippen LogP contribution in [0.3, 0.4) is 0 Å². The Morgan fingerprint density at radius 2 is 1.74 bits per heavy atom. The van der Waals surface area contributed by atoms with Crippen molar-refractivity contribution in [2.45, 2.75) is 51.6 Å². The van der Waals surface area contributed by atoms with Crippen LogP contribution in [0.4, 0.5) is 25.1 Å². The molecule has 202 valence electrons. The van der Waals surface area contributed by atoms with E-state index >= 15 is 0 Å². The number of aromatic nitrogens is 1. The lowest BCUT2D eigenvalue weighted by Crippen LogP contribution is -2.59. The number of nitrogens with one attached hydrogen (secondary N) is 2. The predicted octanol–water partition coefficient (Wildman–Crippen LogP) is 3.72. The fraction of sp³-hybridized carbons (Fsp3) is 0.423. The van der Waals surface area contributed by atoms with Crippen LogP contribution < -0.4 is 10.6 Å². The van der Waals surface area contributed by atoms with E-state index in [0.717, 1.165) is 25.0 Å². The number of anilines is 2.